The minimum atomic E-state index is -0.872. The molecule has 0 aliphatic heterocycles. The maximum atomic E-state index is 11.7. The van der Waals surface area contributed by atoms with Crippen molar-refractivity contribution in [2.45, 2.75) is 6.42 Å². The van der Waals surface area contributed by atoms with Gasteiger partial charge in [0.25, 0.3) is 0 Å². The summed E-state index contributed by atoms with van der Waals surface area (Å²) in [5, 5.41) is 8.72. The first-order valence-corrected chi connectivity index (χ1v) is 6.62. The standard InChI is InChI=1S/C17H15NO4/c1-22-17(21)15-5-3-2-4-13(15)11-18-14-8-6-12(7-9-14)10-16(19)20/h2-9,11H,10H2,1H3,(H,19,20)/b18-11+. The van der Waals surface area contributed by atoms with Gasteiger partial charge in [0.1, 0.15) is 0 Å². The summed E-state index contributed by atoms with van der Waals surface area (Å²) in [4.78, 5) is 26.6. The van der Waals surface area contributed by atoms with Gasteiger partial charge in [0.15, 0.2) is 0 Å². The van der Waals surface area contributed by atoms with E-state index >= 15 is 0 Å². The van der Waals surface area contributed by atoms with Crippen molar-refractivity contribution in [3.63, 3.8) is 0 Å². The number of esters is 1. The number of hydrogen-bond donors (Lipinski definition) is 1. The lowest BCUT2D eigenvalue weighted by molar-refractivity contribution is -0.136. The van der Waals surface area contributed by atoms with Gasteiger partial charge in [-0.25, -0.2) is 4.79 Å². The lowest BCUT2D eigenvalue weighted by Crippen LogP contribution is -2.04. The van der Waals surface area contributed by atoms with E-state index < -0.39 is 11.9 Å². The molecule has 0 amide bonds. The smallest absolute Gasteiger partial charge is 0.338 e. The van der Waals surface area contributed by atoms with Crippen molar-refractivity contribution in [1.29, 1.82) is 0 Å². The summed E-state index contributed by atoms with van der Waals surface area (Å²) in [6, 6.07) is 13.9. The third-order valence-electron chi connectivity index (χ3n) is 3.01. The molecule has 5 heteroatoms. The first-order valence-electron chi connectivity index (χ1n) is 6.62. The lowest BCUT2D eigenvalue weighted by atomic mass is 10.1. The second kappa shape index (κ2) is 7.17. The van der Waals surface area contributed by atoms with Gasteiger partial charge in [-0.3, -0.25) is 9.79 Å². The van der Waals surface area contributed by atoms with E-state index in [0.717, 1.165) is 0 Å². The highest BCUT2D eigenvalue weighted by Gasteiger charge is 2.08. The summed E-state index contributed by atoms with van der Waals surface area (Å²) < 4.78 is 4.73. The monoisotopic (exact) mass is 297 g/mol. The molecule has 0 unspecified atom stereocenters. The molecule has 0 saturated heterocycles. The average molecular weight is 297 g/mol. The molecule has 2 aromatic rings. The molecule has 0 bridgehead atoms. The number of nitrogens with zero attached hydrogens (tertiary/aromatic N) is 1. The Kier molecular flexibility index (Phi) is 5.03. The number of benzene rings is 2. The Labute approximate surface area is 127 Å². The minimum Gasteiger partial charge on any atom is -0.481 e. The Morgan fingerprint density at radius 1 is 1.14 bits per heavy atom. The number of carboxylic acids is 1. The van der Waals surface area contributed by atoms with Gasteiger partial charge < -0.3 is 9.84 Å². The Hall–Kier alpha value is -2.95. The van der Waals surface area contributed by atoms with E-state index in [4.69, 9.17) is 9.84 Å². The van der Waals surface area contributed by atoms with Crippen LogP contribution in [0.4, 0.5) is 5.69 Å². The van der Waals surface area contributed by atoms with E-state index in [2.05, 4.69) is 4.99 Å². The van der Waals surface area contributed by atoms with E-state index in [1.807, 2.05) is 6.07 Å². The molecule has 1 N–H and O–H groups in total. The number of aliphatic carboxylic acids is 1. The van der Waals surface area contributed by atoms with Crippen LogP contribution in [-0.2, 0) is 16.0 Å². The van der Waals surface area contributed by atoms with Crippen LogP contribution in [0, 0.1) is 0 Å². The summed E-state index contributed by atoms with van der Waals surface area (Å²) in [5.74, 6) is -1.29. The van der Waals surface area contributed by atoms with E-state index in [0.29, 0.717) is 22.4 Å². The normalized spacial score (nSPS) is 10.6. The summed E-state index contributed by atoms with van der Waals surface area (Å²) in [7, 11) is 1.33. The van der Waals surface area contributed by atoms with Crippen LogP contribution in [0.2, 0.25) is 0 Å². The Balaban J connectivity index is 2.18. The predicted octanol–water partition coefficient (Wildman–Crippen LogP) is 2.85. The van der Waals surface area contributed by atoms with E-state index in [1.165, 1.54) is 7.11 Å². The Morgan fingerprint density at radius 3 is 2.45 bits per heavy atom. The summed E-state index contributed by atoms with van der Waals surface area (Å²) >= 11 is 0. The first kappa shape index (κ1) is 15.4. The molecule has 0 spiro atoms. The van der Waals surface area contributed by atoms with Gasteiger partial charge in [-0.15, -0.1) is 0 Å². The van der Waals surface area contributed by atoms with Gasteiger partial charge in [-0.05, 0) is 23.8 Å². The number of carbonyl (C=O) groups excluding carboxylic acids is 1. The summed E-state index contributed by atoms with van der Waals surface area (Å²) in [6.45, 7) is 0. The van der Waals surface area contributed by atoms with E-state index in [1.54, 1.807) is 48.7 Å². The number of carboxylic acid groups (broad SMARTS) is 1. The summed E-state index contributed by atoms with van der Waals surface area (Å²) in [6.07, 6.45) is 1.56. The van der Waals surface area contributed by atoms with Crippen LogP contribution in [0.25, 0.3) is 0 Å². The molecule has 22 heavy (non-hydrogen) atoms. The molecule has 0 fully saturated rings. The zero-order chi connectivity index (χ0) is 15.9. The van der Waals surface area contributed by atoms with Crippen molar-refractivity contribution in [3.05, 3.63) is 65.2 Å². The Morgan fingerprint density at radius 2 is 1.82 bits per heavy atom. The topological polar surface area (TPSA) is 76.0 Å². The third-order valence-corrected chi connectivity index (χ3v) is 3.01. The van der Waals surface area contributed by atoms with Crippen molar-refractivity contribution >= 4 is 23.8 Å². The minimum absolute atomic E-state index is 0.0187. The fourth-order valence-electron chi connectivity index (χ4n) is 1.92. The molecule has 0 atom stereocenters. The maximum absolute atomic E-state index is 11.7. The van der Waals surface area contributed by atoms with Crippen LogP contribution in [0.5, 0.6) is 0 Å². The van der Waals surface area contributed by atoms with Crippen molar-refractivity contribution < 1.29 is 19.4 Å². The quantitative estimate of drug-likeness (QED) is 0.680. The van der Waals surface area contributed by atoms with E-state index in [9.17, 15) is 9.59 Å². The molecule has 0 saturated carbocycles. The molecule has 0 aliphatic carbocycles. The van der Waals surface area contributed by atoms with Gasteiger partial charge in [0.05, 0.1) is 24.8 Å². The Bertz CT molecular complexity index is 705. The van der Waals surface area contributed by atoms with Gasteiger partial charge in [0.2, 0.25) is 0 Å². The molecule has 0 aromatic heterocycles. The predicted molar refractivity (Wildman–Crippen MR) is 82.8 cm³/mol. The third kappa shape index (κ3) is 4.02. The zero-order valence-corrected chi connectivity index (χ0v) is 12.0. The van der Waals surface area contributed by atoms with Crippen molar-refractivity contribution in [3.8, 4) is 0 Å². The fourth-order valence-corrected chi connectivity index (χ4v) is 1.92. The molecular formula is C17H15NO4. The molecule has 112 valence electrons. The number of methoxy groups -OCH3 is 1. The van der Waals surface area contributed by atoms with Crippen molar-refractivity contribution in [2.75, 3.05) is 7.11 Å². The highest BCUT2D eigenvalue weighted by Crippen LogP contribution is 2.15. The second-order valence-corrected chi connectivity index (χ2v) is 4.57. The SMILES string of the molecule is COC(=O)c1ccccc1/C=N/c1ccc(CC(=O)O)cc1. The lowest BCUT2D eigenvalue weighted by Gasteiger charge is -2.03. The summed E-state index contributed by atoms with van der Waals surface area (Å²) in [5.41, 5.74) is 2.48. The maximum Gasteiger partial charge on any atom is 0.338 e. The molecule has 2 aromatic carbocycles. The van der Waals surface area contributed by atoms with Gasteiger partial charge >= 0.3 is 11.9 Å². The highest BCUT2D eigenvalue weighted by molar-refractivity contribution is 5.99. The number of hydrogen-bond acceptors (Lipinski definition) is 4. The molecule has 0 heterocycles. The van der Waals surface area contributed by atoms with Gasteiger partial charge in [-0.1, -0.05) is 30.3 Å². The largest absolute Gasteiger partial charge is 0.481 e. The number of aliphatic imine (C=N–C) groups is 1. The molecule has 5 nitrogen and oxygen atoms in total. The first-order chi connectivity index (χ1) is 10.6. The zero-order valence-electron chi connectivity index (χ0n) is 12.0. The van der Waals surface area contributed by atoms with Crippen molar-refractivity contribution in [2.24, 2.45) is 4.99 Å². The van der Waals surface area contributed by atoms with Crippen LogP contribution in [0.1, 0.15) is 21.5 Å². The number of carbonyl (C=O) groups is 2. The van der Waals surface area contributed by atoms with Gasteiger partial charge in [-0.2, -0.15) is 0 Å². The average Bonchev–Trinajstić information content (AvgIpc) is 2.53. The number of rotatable bonds is 5. The fraction of sp³-hybridized carbons (Fsp3) is 0.118. The molecule has 0 aliphatic rings. The molecule has 0 radical (unpaired) electrons. The van der Waals surface area contributed by atoms with Gasteiger partial charge in [0, 0.05) is 11.8 Å². The van der Waals surface area contributed by atoms with Crippen LogP contribution in [0.3, 0.4) is 0 Å². The second-order valence-electron chi connectivity index (χ2n) is 4.57. The number of ether oxygens (including phenoxy) is 1. The van der Waals surface area contributed by atoms with Crippen LogP contribution >= 0.6 is 0 Å². The van der Waals surface area contributed by atoms with Crippen LogP contribution in [0.15, 0.2) is 53.5 Å². The van der Waals surface area contributed by atoms with E-state index in [-0.39, 0.29) is 6.42 Å². The molecule has 2 rings (SSSR count). The molecular weight excluding hydrogens is 282 g/mol. The van der Waals surface area contributed by atoms with Crippen molar-refractivity contribution in [1.82, 2.24) is 0 Å². The highest BCUT2D eigenvalue weighted by atomic mass is 16.5. The van der Waals surface area contributed by atoms with Crippen LogP contribution in [-0.4, -0.2) is 30.4 Å². The van der Waals surface area contributed by atoms with Crippen LogP contribution < -0.4 is 0 Å².